The number of methoxy groups -OCH3 is 1. The number of fused-ring (bicyclic) bond motifs is 1. The van der Waals surface area contributed by atoms with Crippen molar-refractivity contribution in [2.24, 2.45) is 7.05 Å². The monoisotopic (exact) mass is 417 g/mol. The fourth-order valence-corrected chi connectivity index (χ4v) is 3.41. The van der Waals surface area contributed by atoms with Gasteiger partial charge < -0.3 is 9.64 Å². The number of imidazole rings is 1. The summed E-state index contributed by atoms with van der Waals surface area (Å²) in [5.41, 5.74) is 2.19. The number of ether oxygens (including phenoxy) is 1. The molecule has 2 aromatic heterocycles. The lowest BCUT2D eigenvalue weighted by Gasteiger charge is -2.17. The third-order valence-electron chi connectivity index (χ3n) is 5.21. The minimum absolute atomic E-state index is 0.371. The Balaban J connectivity index is 1.66. The third kappa shape index (κ3) is 3.92. The lowest BCUT2D eigenvalue weighted by atomic mass is 10.1. The first-order valence-corrected chi connectivity index (χ1v) is 9.88. The Bertz CT molecular complexity index is 1290. The topological polar surface area (TPSA) is 82.2 Å². The van der Waals surface area contributed by atoms with Gasteiger partial charge in [-0.05, 0) is 24.1 Å². The van der Waals surface area contributed by atoms with Crippen LogP contribution in [0.15, 0.2) is 65.6 Å². The second-order valence-corrected chi connectivity index (χ2v) is 7.25. The summed E-state index contributed by atoms with van der Waals surface area (Å²) in [5, 5.41) is 0. The maximum Gasteiger partial charge on any atom is 0.338 e. The van der Waals surface area contributed by atoms with Gasteiger partial charge in [-0.3, -0.25) is 4.57 Å². The van der Waals surface area contributed by atoms with E-state index in [0.29, 0.717) is 35.7 Å². The number of aryl methyl sites for hydroxylation is 1. The van der Waals surface area contributed by atoms with Crippen LogP contribution in [-0.2, 0) is 13.5 Å². The van der Waals surface area contributed by atoms with E-state index in [1.807, 2.05) is 54.6 Å². The average Bonchev–Trinajstić information content (AvgIpc) is 3.07. The summed E-state index contributed by atoms with van der Waals surface area (Å²) >= 11 is 0. The summed E-state index contributed by atoms with van der Waals surface area (Å²) in [5.74, 6) is 1.13. The fraction of sp³-hybridized carbons (Fsp3) is 0.217. The predicted octanol–water partition coefficient (Wildman–Crippen LogP) is 2.95. The van der Waals surface area contributed by atoms with E-state index in [0.717, 1.165) is 15.7 Å². The van der Waals surface area contributed by atoms with Crippen molar-refractivity contribution in [3.63, 3.8) is 0 Å². The Labute approximate surface area is 179 Å². The number of hydrogen-bond donors (Lipinski definition) is 0. The summed E-state index contributed by atoms with van der Waals surface area (Å²) in [6, 6.07) is 16.8. The Morgan fingerprint density at radius 1 is 1.13 bits per heavy atom. The van der Waals surface area contributed by atoms with Gasteiger partial charge in [0, 0.05) is 26.2 Å². The highest BCUT2D eigenvalue weighted by Crippen LogP contribution is 2.22. The lowest BCUT2D eigenvalue weighted by molar-refractivity contribution is 0.211. The Morgan fingerprint density at radius 2 is 1.90 bits per heavy atom. The van der Waals surface area contributed by atoms with Gasteiger partial charge in [-0.1, -0.05) is 42.5 Å². The van der Waals surface area contributed by atoms with Crippen molar-refractivity contribution in [1.82, 2.24) is 24.0 Å². The molecule has 0 fully saturated rings. The highest BCUT2D eigenvalue weighted by atomic mass is 16.5. The van der Waals surface area contributed by atoms with E-state index in [9.17, 15) is 9.59 Å². The largest absolute Gasteiger partial charge is 0.497 e. The lowest BCUT2D eigenvalue weighted by Crippen LogP contribution is -2.38. The molecule has 0 unspecified atom stereocenters. The molecule has 2 heterocycles. The van der Waals surface area contributed by atoms with Crippen LogP contribution in [0, 0.1) is 0 Å². The van der Waals surface area contributed by atoms with Gasteiger partial charge in [-0.15, -0.1) is 0 Å². The smallest absolute Gasteiger partial charge is 0.338 e. The number of benzene rings is 2. The SMILES string of the molecule is COc1cccc(-c2ncc3c(n2)n(C)c(=O)n3C(=O)N(C)CCc2ccccc2)c1. The molecule has 0 radical (unpaired) electrons. The van der Waals surface area contributed by atoms with Gasteiger partial charge in [0.15, 0.2) is 11.5 Å². The molecule has 0 atom stereocenters. The zero-order chi connectivity index (χ0) is 22.0. The van der Waals surface area contributed by atoms with Gasteiger partial charge in [0.1, 0.15) is 11.3 Å². The number of carbonyl (C=O) groups is 1. The molecule has 0 aliphatic carbocycles. The van der Waals surface area contributed by atoms with Crippen LogP contribution >= 0.6 is 0 Å². The van der Waals surface area contributed by atoms with E-state index in [2.05, 4.69) is 9.97 Å². The maximum atomic E-state index is 13.1. The second kappa shape index (κ2) is 8.43. The molecule has 31 heavy (non-hydrogen) atoms. The zero-order valence-electron chi connectivity index (χ0n) is 17.6. The highest BCUT2D eigenvalue weighted by Gasteiger charge is 2.21. The predicted molar refractivity (Wildman–Crippen MR) is 118 cm³/mol. The molecule has 0 aliphatic heterocycles. The molecule has 0 aliphatic rings. The van der Waals surface area contributed by atoms with E-state index in [-0.39, 0.29) is 0 Å². The maximum absolute atomic E-state index is 13.1. The van der Waals surface area contributed by atoms with E-state index in [4.69, 9.17) is 4.74 Å². The summed E-state index contributed by atoms with van der Waals surface area (Å²) in [4.78, 5) is 36.4. The molecule has 0 saturated heterocycles. The van der Waals surface area contributed by atoms with Crippen LogP contribution in [0.25, 0.3) is 22.6 Å². The molecular formula is C23H23N5O3. The summed E-state index contributed by atoms with van der Waals surface area (Å²) in [7, 11) is 4.87. The summed E-state index contributed by atoms with van der Waals surface area (Å²) in [6.07, 6.45) is 2.21. The normalized spacial score (nSPS) is 10.9. The first kappa shape index (κ1) is 20.3. The molecule has 8 heteroatoms. The van der Waals surface area contributed by atoms with Crippen molar-refractivity contribution in [3.8, 4) is 17.1 Å². The molecule has 4 rings (SSSR count). The third-order valence-corrected chi connectivity index (χ3v) is 5.21. The first-order chi connectivity index (χ1) is 15.0. The minimum atomic E-state index is -0.455. The van der Waals surface area contributed by atoms with E-state index >= 15 is 0 Å². The van der Waals surface area contributed by atoms with E-state index in [1.54, 1.807) is 21.2 Å². The van der Waals surface area contributed by atoms with Crippen molar-refractivity contribution < 1.29 is 9.53 Å². The Morgan fingerprint density at radius 3 is 2.65 bits per heavy atom. The number of rotatable bonds is 5. The molecule has 1 amide bonds. The van der Waals surface area contributed by atoms with E-state index < -0.39 is 11.7 Å². The molecule has 0 N–H and O–H groups in total. The van der Waals surface area contributed by atoms with Crippen LogP contribution < -0.4 is 10.4 Å². The minimum Gasteiger partial charge on any atom is -0.497 e. The van der Waals surface area contributed by atoms with Crippen LogP contribution in [0.1, 0.15) is 5.56 Å². The van der Waals surface area contributed by atoms with Gasteiger partial charge in [0.05, 0.1) is 13.3 Å². The van der Waals surface area contributed by atoms with Crippen LogP contribution in [-0.4, -0.2) is 50.7 Å². The van der Waals surface area contributed by atoms with Crippen LogP contribution in [0.5, 0.6) is 5.75 Å². The number of nitrogens with zero attached hydrogens (tertiary/aromatic N) is 5. The van der Waals surface area contributed by atoms with Crippen molar-refractivity contribution in [3.05, 3.63) is 76.8 Å². The quantitative estimate of drug-likeness (QED) is 0.499. The number of amides is 1. The average molecular weight is 417 g/mol. The number of carbonyl (C=O) groups excluding carboxylic acids is 1. The Kier molecular flexibility index (Phi) is 5.53. The summed E-state index contributed by atoms with van der Waals surface area (Å²) < 4.78 is 7.74. The van der Waals surface area contributed by atoms with Gasteiger partial charge in [-0.25, -0.2) is 24.1 Å². The van der Waals surface area contributed by atoms with Crippen molar-refractivity contribution >= 4 is 17.2 Å². The molecule has 0 bridgehead atoms. The standard InChI is InChI=1S/C23H23N5O3/c1-26(13-12-16-8-5-4-6-9-16)22(29)28-19-15-24-20(25-21(19)27(2)23(28)30)17-10-7-11-18(14-17)31-3/h4-11,14-15H,12-13H2,1-3H3. The molecule has 2 aromatic carbocycles. The van der Waals surface area contributed by atoms with E-state index in [1.165, 1.54) is 15.7 Å². The number of likely N-dealkylation sites (N-methyl/N-ethyl adjacent to an activating group) is 1. The van der Waals surface area contributed by atoms with Gasteiger partial charge >= 0.3 is 11.7 Å². The molecule has 8 nitrogen and oxygen atoms in total. The number of hydrogen-bond acceptors (Lipinski definition) is 5. The van der Waals surface area contributed by atoms with Crippen LogP contribution in [0.2, 0.25) is 0 Å². The van der Waals surface area contributed by atoms with Crippen LogP contribution in [0.4, 0.5) is 4.79 Å². The zero-order valence-corrected chi connectivity index (χ0v) is 17.6. The van der Waals surface area contributed by atoms with Crippen molar-refractivity contribution in [1.29, 1.82) is 0 Å². The molecule has 4 aromatic rings. The van der Waals surface area contributed by atoms with Gasteiger partial charge in [-0.2, -0.15) is 0 Å². The van der Waals surface area contributed by atoms with Crippen molar-refractivity contribution in [2.75, 3.05) is 20.7 Å². The highest BCUT2D eigenvalue weighted by molar-refractivity contribution is 5.88. The fourth-order valence-electron chi connectivity index (χ4n) is 3.41. The molecule has 158 valence electrons. The molecular weight excluding hydrogens is 394 g/mol. The Hall–Kier alpha value is -3.94. The molecule has 0 saturated carbocycles. The number of aromatic nitrogens is 4. The van der Waals surface area contributed by atoms with Gasteiger partial charge in [0.2, 0.25) is 0 Å². The van der Waals surface area contributed by atoms with Crippen LogP contribution in [0.3, 0.4) is 0 Å². The molecule has 0 spiro atoms. The second-order valence-electron chi connectivity index (χ2n) is 7.25. The summed E-state index contributed by atoms with van der Waals surface area (Å²) in [6.45, 7) is 0.481. The van der Waals surface area contributed by atoms with Gasteiger partial charge in [0.25, 0.3) is 0 Å². The first-order valence-electron chi connectivity index (χ1n) is 9.88. The van der Waals surface area contributed by atoms with Crippen molar-refractivity contribution in [2.45, 2.75) is 6.42 Å².